The number of hydrogen-bond donors (Lipinski definition) is 2. The standard InChI is InChI=1S/C14H22N2O3S/c1-10-5-6-11(2)13(12(10)15)20(17,18)16-9-14(19-3)7-4-8-14/h5-6,16H,4,7-9,15H2,1-3H3. The lowest BCUT2D eigenvalue weighted by Gasteiger charge is -2.40. The highest BCUT2D eigenvalue weighted by atomic mass is 32.2. The van der Waals surface area contributed by atoms with E-state index in [1.54, 1.807) is 27.0 Å². The first kappa shape index (κ1) is 15.3. The molecule has 0 aromatic heterocycles. The van der Waals surface area contributed by atoms with E-state index in [1.807, 2.05) is 6.07 Å². The molecule has 1 aliphatic carbocycles. The number of nitrogens with one attached hydrogen (secondary N) is 1. The molecule has 0 saturated heterocycles. The molecule has 1 fully saturated rings. The molecule has 0 heterocycles. The van der Waals surface area contributed by atoms with Gasteiger partial charge in [0.05, 0.1) is 11.3 Å². The summed E-state index contributed by atoms with van der Waals surface area (Å²) >= 11 is 0. The van der Waals surface area contributed by atoms with Crippen molar-refractivity contribution < 1.29 is 13.2 Å². The number of benzene rings is 1. The molecule has 1 saturated carbocycles. The zero-order valence-electron chi connectivity index (χ0n) is 12.2. The van der Waals surface area contributed by atoms with E-state index < -0.39 is 10.0 Å². The van der Waals surface area contributed by atoms with Gasteiger partial charge in [-0.3, -0.25) is 0 Å². The Morgan fingerprint density at radius 1 is 1.30 bits per heavy atom. The van der Waals surface area contributed by atoms with Crippen molar-refractivity contribution in [3.8, 4) is 0 Å². The van der Waals surface area contributed by atoms with Crippen molar-refractivity contribution in [2.24, 2.45) is 0 Å². The lowest BCUT2D eigenvalue weighted by atomic mass is 9.80. The second-order valence-corrected chi connectivity index (χ2v) is 7.21. The van der Waals surface area contributed by atoms with Gasteiger partial charge >= 0.3 is 0 Å². The molecule has 0 amide bonds. The van der Waals surface area contributed by atoms with Crippen LogP contribution in [0.15, 0.2) is 17.0 Å². The Bertz CT molecular complexity index is 602. The van der Waals surface area contributed by atoms with Gasteiger partial charge in [0.1, 0.15) is 4.90 Å². The highest BCUT2D eigenvalue weighted by Gasteiger charge is 2.38. The number of nitrogen functional groups attached to an aromatic ring is 1. The number of sulfonamides is 1. The van der Waals surface area contributed by atoms with Crippen LogP contribution in [0.3, 0.4) is 0 Å². The molecule has 3 N–H and O–H groups in total. The number of aryl methyl sites for hydroxylation is 2. The van der Waals surface area contributed by atoms with Gasteiger partial charge in [0, 0.05) is 13.7 Å². The number of nitrogens with two attached hydrogens (primary N) is 1. The van der Waals surface area contributed by atoms with Crippen LogP contribution in [0.25, 0.3) is 0 Å². The number of ether oxygens (including phenoxy) is 1. The maximum Gasteiger partial charge on any atom is 0.242 e. The molecule has 5 nitrogen and oxygen atoms in total. The van der Waals surface area contributed by atoms with Crippen LogP contribution >= 0.6 is 0 Å². The maximum absolute atomic E-state index is 12.5. The fraction of sp³-hybridized carbons (Fsp3) is 0.571. The monoisotopic (exact) mass is 298 g/mol. The Labute approximate surface area is 120 Å². The van der Waals surface area contributed by atoms with Gasteiger partial charge in [-0.15, -0.1) is 0 Å². The number of anilines is 1. The average Bonchev–Trinajstić information content (AvgIpc) is 2.33. The van der Waals surface area contributed by atoms with E-state index in [1.165, 1.54) is 0 Å². The highest BCUT2D eigenvalue weighted by molar-refractivity contribution is 7.89. The summed E-state index contributed by atoms with van der Waals surface area (Å²) in [7, 11) is -1.99. The third-order valence-electron chi connectivity index (χ3n) is 4.16. The van der Waals surface area contributed by atoms with Crippen LogP contribution in [0, 0.1) is 13.8 Å². The summed E-state index contributed by atoms with van der Waals surface area (Å²) in [5.74, 6) is 0. The van der Waals surface area contributed by atoms with Crippen LogP contribution in [0.2, 0.25) is 0 Å². The van der Waals surface area contributed by atoms with E-state index in [9.17, 15) is 8.42 Å². The lowest BCUT2D eigenvalue weighted by Crippen LogP contribution is -2.49. The molecule has 0 aliphatic heterocycles. The molecule has 6 heteroatoms. The van der Waals surface area contributed by atoms with Crippen molar-refractivity contribution in [1.82, 2.24) is 4.72 Å². The molecule has 0 spiro atoms. The van der Waals surface area contributed by atoms with Gasteiger partial charge in [0.15, 0.2) is 0 Å². The van der Waals surface area contributed by atoms with Crippen LogP contribution in [-0.2, 0) is 14.8 Å². The molecular weight excluding hydrogens is 276 g/mol. The van der Waals surface area contributed by atoms with Crippen molar-refractivity contribution >= 4 is 15.7 Å². The van der Waals surface area contributed by atoms with Crippen LogP contribution in [-0.4, -0.2) is 27.7 Å². The van der Waals surface area contributed by atoms with Gasteiger partial charge < -0.3 is 10.5 Å². The van der Waals surface area contributed by atoms with Crippen molar-refractivity contribution in [2.75, 3.05) is 19.4 Å². The summed E-state index contributed by atoms with van der Waals surface area (Å²) in [6.07, 6.45) is 2.84. The first-order chi connectivity index (χ1) is 9.31. The predicted octanol–water partition coefficient (Wildman–Crippen LogP) is 1.73. The second kappa shape index (κ2) is 5.35. The van der Waals surface area contributed by atoms with Crippen LogP contribution < -0.4 is 10.5 Å². The van der Waals surface area contributed by atoms with E-state index in [-0.39, 0.29) is 10.5 Å². The summed E-state index contributed by atoms with van der Waals surface area (Å²) in [5.41, 5.74) is 7.33. The Hall–Kier alpha value is -1.11. The summed E-state index contributed by atoms with van der Waals surface area (Å²) in [4.78, 5) is 0.183. The number of methoxy groups -OCH3 is 1. The van der Waals surface area contributed by atoms with E-state index in [0.29, 0.717) is 17.8 Å². The lowest BCUT2D eigenvalue weighted by molar-refractivity contribution is -0.0659. The number of hydrogen-bond acceptors (Lipinski definition) is 4. The first-order valence-corrected chi connectivity index (χ1v) is 8.20. The molecule has 0 radical (unpaired) electrons. The molecule has 1 aromatic rings. The SMILES string of the molecule is COC1(CNS(=O)(=O)c2c(C)ccc(C)c2N)CCC1. The highest BCUT2D eigenvalue weighted by Crippen LogP contribution is 2.35. The van der Waals surface area contributed by atoms with Crippen LogP contribution in [0.5, 0.6) is 0 Å². The van der Waals surface area contributed by atoms with E-state index >= 15 is 0 Å². The van der Waals surface area contributed by atoms with E-state index in [0.717, 1.165) is 24.8 Å². The molecule has 0 unspecified atom stereocenters. The summed E-state index contributed by atoms with van der Waals surface area (Å²) in [6.45, 7) is 3.84. The quantitative estimate of drug-likeness (QED) is 0.811. The zero-order valence-corrected chi connectivity index (χ0v) is 13.0. The summed E-state index contributed by atoms with van der Waals surface area (Å²) < 4.78 is 33.0. The minimum atomic E-state index is -3.62. The van der Waals surface area contributed by atoms with Crippen LogP contribution in [0.4, 0.5) is 5.69 Å². The zero-order chi connectivity index (χ0) is 15.0. The van der Waals surface area contributed by atoms with Gasteiger partial charge in [-0.05, 0) is 44.2 Å². The van der Waals surface area contributed by atoms with Crippen molar-refractivity contribution in [1.29, 1.82) is 0 Å². The molecule has 112 valence electrons. The maximum atomic E-state index is 12.5. The van der Waals surface area contributed by atoms with Crippen molar-refractivity contribution in [2.45, 2.75) is 43.6 Å². The molecule has 2 rings (SSSR count). The van der Waals surface area contributed by atoms with Gasteiger partial charge in [-0.25, -0.2) is 13.1 Å². The third kappa shape index (κ3) is 2.68. The third-order valence-corrected chi connectivity index (χ3v) is 5.77. The first-order valence-electron chi connectivity index (χ1n) is 6.72. The van der Waals surface area contributed by atoms with Crippen molar-refractivity contribution in [3.63, 3.8) is 0 Å². The predicted molar refractivity (Wildman–Crippen MR) is 79.1 cm³/mol. The second-order valence-electron chi connectivity index (χ2n) is 5.51. The fourth-order valence-electron chi connectivity index (χ4n) is 2.49. The van der Waals surface area contributed by atoms with Gasteiger partial charge in [0.25, 0.3) is 0 Å². The minimum Gasteiger partial charge on any atom is -0.397 e. The smallest absolute Gasteiger partial charge is 0.242 e. The molecule has 20 heavy (non-hydrogen) atoms. The molecule has 0 bridgehead atoms. The average molecular weight is 298 g/mol. The minimum absolute atomic E-state index is 0.183. The fourth-order valence-corrected chi connectivity index (χ4v) is 4.03. The number of rotatable bonds is 5. The van der Waals surface area contributed by atoms with Crippen molar-refractivity contribution in [3.05, 3.63) is 23.3 Å². The Morgan fingerprint density at radius 3 is 2.40 bits per heavy atom. The van der Waals surface area contributed by atoms with Gasteiger partial charge in [-0.1, -0.05) is 12.1 Å². The molecular formula is C14H22N2O3S. The largest absolute Gasteiger partial charge is 0.397 e. The van der Waals surface area contributed by atoms with E-state index in [4.69, 9.17) is 10.5 Å². The van der Waals surface area contributed by atoms with Gasteiger partial charge in [-0.2, -0.15) is 0 Å². The molecule has 1 aliphatic rings. The molecule has 0 atom stereocenters. The van der Waals surface area contributed by atoms with E-state index in [2.05, 4.69) is 4.72 Å². The van der Waals surface area contributed by atoms with Gasteiger partial charge in [0.2, 0.25) is 10.0 Å². The Kier molecular flexibility index (Phi) is 4.09. The normalized spacial score (nSPS) is 17.8. The molecule has 1 aromatic carbocycles. The Balaban J connectivity index is 2.25. The Morgan fingerprint density at radius 2 is 1.90 bits per heavy atom. The summed E-state index contributed by atoms with van der Waals surface area (Å²) in [6, 6.07) is 3.60. The topological polar surface area (TPSA) is 81.4 Å². The van der Waals surface area contributed by atoms with Crippen LogP contribution in [0.1, 0.15) is 30.4 Å². The summed E-state index contributed by atoms with van der Waals surface area (Å²) in [5, 5.41) is 0.